The monoisotopic (exact) mass is 319 g/mol. The molecule has 3 rings (SSSR count). The zero-order valence-electron chi connectivity index (χ0n) is 13.6. The fourth-order valence-corrected chi connectivity index (χ4v) is 3.52. The molecule has 0 spiro atoms. The van der Waals surface area contributed by atoms with Crippen LogP contribution in [0.4, 0.5) is 4.79 Å². The number of nitrogens with zero attached hydrogens (tertiary/aromatic N) is 2. The van der Waals surface area contributed by atoms with E-state index < -0.39 is 0 Å². The van der Waals surface area contributed by atoms with Gasteiger partial charge in [0.2, 0.25) is 0 Å². The van der Waals surface area contributed by atoms with Gasteiger partial charge in [-0.15, -0.1) is 0 Å². The molecule has 0 unspecified atom stereocenters. The predicted molar refractivity (Wildman–Crippen MR) is 86.0 cm³/mol. The second kappa shape index (κ2) is 7.75. The minimum atomic E-state index is -0.309. The van der Waals surface area contributed by atoms with Gasteiger partial charge < -0.3 is 14.8 Å². The van der Waals surface area contributed by atoms with Gasteiger partial charge in [0, 0.05) is 37.8 Å². The zero-order valence-corrected chi connectivity index (χ0v) is 13.6. The van der Waals surface area contributed by atoms with Gasteiger partial charge in [-0.3, -0.25) is 9.88 Å². The van der Waals surface area contributed by atoms with Crippen LogP contribution >= 0.6 is 0 Å². The average molecular weight is 319 g/mol. The molecule has 126 valence electrons. The largest absolute Gasteiger partial charge is 0.446 e. The first-order chi connectivity index (χ1) is 11.2. The second-order valence-corrected chi connectivity index (χ2v) is 6.36. The topological polar surface area (TPSA) is 63.7 Å². The molecule has 1 amide bonds. The quantitative estimate of drug-likeness (QED) is 0.919. The molecule has 2 aliphatic rings. The van der Waals surface area contributed by atoms with E-state index in [1.807, 2.05) is 12.3 Å². The number of aromatic nitrogens is 1. The van der Waals surface area contributed by atoms with Crippen LogP contribution in [-0.4, -0.2) is 55.4 Å². The van der Waals surface area contributed by atoms with E-state index >= 15 is 0 Å². The highest BCUT2D eigenvalue weighted by molar-refractivity contribution is 5.67. The minimum absolute atomic E-state index is 0.0101. The Morgan fingerprint density at radius 1 is 1.43 bits per heavy atom. The van der Waals surface area contributed by atoms with E-state index in [4.69, 9.17) is 9.47 Å². The predicted octanol–water partition coefficient (Wildman–Crippen LogP) is 1.98. The van der Waals surface area contributed by atoms with Gasteiger partial charge >= 0.3 is 6.09 Å². The Balaban J connectivity index is 1.51. The van der Waals surface area contributed by atoms with E-state index in [0.717, 1.165) is 25.8 Å². The van der Waals surface area contributed by atoms with Crippen LogP contribution in [0.15, 0.2) is 24.5 Å². The molecule has 0 aromatic carbocycles. The van der Waals surface area contributed by atoms with Crippen LogP contribution in [-0.2, 0) is 9.47 Å². The Kier molecular flexibility index (Phi) is 5.46. The molecule has 1 N–H and O–H groups in total. The lowest BCUT2D eigenvalue weighted by Crippen LogP contribution is -2.36. The Labute approximate surface area is 137 Å². The molecule has 0 aliphatic carbocycles. The second-order valence-electron chi connectivity index (χ2n) is 6.36. The molecule has 1 aromatic rings. The molecule has 6 heteroatoms. The lowest BCUT2D eigenvalue weighted by Gasteiger charge is -2.26. The third-order valence-electron chi connectivity index (χ3n) is 4.75. The van der Waals surface area contributed by atoms with Gasteiger partial charge in [0.25, 0.3) is 0 Å². The van der Waals surface area contributed by atoms with Crippen molar-refractivity contribution in [3.8, 4) is 0 Å². The number of hydrogen-bond acceptors (Lipinski definition) is 5. The summed E-state index contributed by atoms with van der Waals surface area (Å²) < 4.78 is 10.7. The summed E-state index contributed by atoms with van der Waals surface area (Å²) in [4.78, 5) is 18.5. The highest BCUT2D eigenvalue weighted by Crippen LogP contribution is 2.35. The molecule has 23 heavy (non-hydrogen) atoms. The van der Waals surface area contributed by atoms with Crippen molar-refractivity contribution in [3.05, 3.63) is 30.1 Å². The van der Waals surface area contributed by atoms with Gasteiger partial charge in [-0.2, -0.15) is 0 Å². The summed E-state index contributed by atoms with van der Waals surface area (Å²) in [5.41, 5.74) is 1.21. The molecule has 3 heterocycles. The standard InChI is InChI=1S/C17H25N3O3/c1-20-8-4-14(16(20)13-3-2-7-18-11-13)12-19-17(21)23-15-5-9-22-10-6-15/h2-3,7,11,14-16H,4-6,8-10,12H2,1H3,(H,19,21)/t14-,16-/m0/s1. The molecule has 2 aliphatic heterocycles. The van der Waals surface area contributed by atoms with Gasteiger partial charge in [-0.25, -0.2) is 4.79 Å². The Hall–Kier alpha value is -1.66. The van der Waals surface area contributed by atoms with E-state index in [1.165, 1.54) is 5.56 Å². The van der Waals surface area contributed by atoms with Crippen molar-refractivity contribution in [1.29, 1.82) is 0 Å². The lowest BCUT2D eigenvalue weighted by atomic mass is 9.95. The van der Waals surface area contributed by atoms with Crippen LogP contribution in [0, 0.1) is 5.92 Å². The van der Waals surface area contributed by atoms with Crippen LogP contribution in [0.2, 0.25) is 0 Å². The van der Waals surface area contributed by atoms with E-state index in [2.05, 4.69) is 28.3 Å². The molecule has 2 fully saturated rings. The number of alkyl carbamates (subject to hydrolysis) is 1. The smallest absolute Gasteiger partial charge is 0.407 e. The summed E-state index contributed by atoms with van der Waals surface area (Å²) in [5, 5.41) is 2.94. The molecular weight excluding hydrogens is 294 g/mol. The number of carbonyl (C=O) groups excluding carboxylic acids is 1. The summed E-state index contributed by atoms with van der Waals surface area (Å²) in [7, 11) is 2.12. The molecule has 0 bridgehead atoms. The van der Waals surface area contributed by atoms with Gasteiger partial charge in [-0.1, -0.05) is 6.07 Å². The SMILES string of the molecule is CN1CC[C@@H](CNC(=O)OC2CCOCC2)[C@@H]1c1cccnc1. The van der Waals surface area contributed by atoms with Crippen molar-refractivity contribution in [2.24, 2.45) is 5.92 Å². The third-order valence-corrected chi connectivity index (χ3v) is 4.75. The molecular formula is C17H25N3O3. The molecule has 1 aromatic heterocycles. The fourth-order valence-electron chi connectivity index (χ4n) is 3.52. The maximum Gasteiger partial charge on any atom is 0.407 e. The lowest BCUT2D eigenvalue weighted by molar-refractivity contribution is 0.00130. The highest BCUT2D eigenvalue weighted by Gasteiger charge is 2.33. The molecule has 0 radical (unpaired) electrons. The van der Waals surface area contributed by atoms with Gasteiger partial charge in [0.15, 0.2) is 0 Å². The Bertz CT molecular complexity index is 505. The summed E-state index contributed by atoms with van der Waals surface area (Å²) in [6.45, 7) is 3.01. The van der Waals surface area contributed by atoms with Crippen LogP contribution in [0.25, 0.3) is 0 Å². The zero-order chi connectivity index (χ0) is 16.1. The van der Waals surface area contributed by atoms with E-state index in [0.29, 0.717) is 31.7 Å². The number of likely N-dealkylation sites (tertiary alicyclic amines) is 1. The number of hydrogen-bond donors (Lipinski definition) is 1. The number of pyridine rings is 1. The number of amides is 1. The van der Waals surface area contributed by atoms with Gasteiger partial charge in [0.1, 0.15) is 6.10 Å². The minimum Gasteiger partial charge on any atom is -0.446 e. The summed E-state index contributed by atoms with van der Waals surface area (Å²) >= 11 is 0. The van der Waals surface area contributed by atoms with Crippen LogP contribution in [0.1, 0.15) is 30.9 Å². The van der Waals surface area contributed by atoms with Crippen molar-refractivity contribution in [3.63, 3.8) is 0 Å². The fraction of sp³-hybridized carbons (Fsp3) is 0.647. The maximum absolute atomic E-state index is 12.0. The number of carbonyl (C=O) groups is 1. The first-order valence-corrected chi connectivity index (χ1v) is 8.36. The summed E-state index contributed by atoms with van der Waals surface area (Å²) in [6.07, 6.45) is 6.03. The highest BCUT2D eigenvalue weighted by atomic mass is 16.6. The first kappa shape index (κ1) is 16.2. The number of ether oxygens (including phenoxy) is 2. The first-order valence-electron chi connectivity index (χ1n) is 8.36. The molecule has 0 saturated carbocycles. The molecule has 2 saturated heterocycles. The summed E-state index contributed by atoms with van der Waals surface area (Å²) in [6, 6.07) is 4.37. The van der Waals surface area contributed by atoms with Crippen molar-refractivity contribution in [2.75, 3.05) is 33.4 Å². The number of rotatable bonds is 4. The third kappa shape index (κ3) is 4.20. The van der Waals surface area contributed by atoms with Crippen LogP contribution < -0.4 is 5.32 Å². The van der Waals surface area contributed by atoms with E-state index in [9.17, 15) is 4.79 Å². The number of nitrogens with one attached hydrogen (secondary N) is 1. The maximum atomic E-state index is 12.0. The summed E-state index contributed by atoms with van der Waals surface area (Å²) in [5.74, 6) is 0.381. The average Bonchev–Trinajstić information content (AvgIpc) is 2.95. The van der Waals surface area contributed by atoms with Gasteiger partial charge in [-0.05, 0) is 37.6 Å². The molecule has 6 nitrogen and oxygen atoms in total. The van der Waals surface area contributed by atoms with Crippen LogP contribution in [0.3, 0.4) is 0 Å². The normalized spacial score (nSPS) is 26.1. The van der Waals surface area contributed by atoms with Crippen molar-refractivity contribution >= 4 is 6.09 Å². The van der Waals surface area contributed by atoms with Crippen molar-refractivity contribution in [2.45, 2.75) is 31.4 Å². The van der Waals surface area contributed by atoms with Crippen LogP contribution in [0.5, 0.6) is 0 Å². The van der Waals surface area contributed by atoms with Gasteiger partial charge in [0.05, 0.1) is 13.2 Å². The van der Waals surface area contributed by atoms with E-state index in [1.54, 1.807) is 6.20 Å². The van der Waals surface area contributed by atoms with Crippen molar-refractivity contribution in [1.82, 2.24) is 15.2 Å². The van der Waals surface area contributed by atoms with E-state index in [-0.39, 0.29) is 12.2 Å². The Morgan fingerprint density at radius 2 is 2.26 bits per heavy atom. The van der Waals surface area contributed by atoms with Crippen molar-refractivity contribution < 1.29 is 14.3 Å². The molecule has 2 atom stereocenters. The Morgan fingerprint density at radius 3 is 3.00 bits per heavy atom.